The molecule has 0 saturated carbocycles. The minimum atomic E-state index is -0.187. The summed E-state index contributed by atoms with van der Waals surface area (Å²) in [4.78, 5) is 6.21. The number of aryl methyl sites for hydroxylation is 1. The molecule has 0 radical (unpaired) electrons. The maximum absolute atomic E-state index is 13.9. The summed E-state index contributed by atoms with van der Waals surface area (Å²) in [5, 5.41) is 0. The molecule has 0 saturated heterocycles. The van der Waals surface area contributed by atoms with Crippen molar-refractivity contribution in [3.63, 3.8) is 0 Å². The Bertz CT molecular complexity index is 567. The zero-order valence-corrected chi connectivity index (χ0v) is 12.1. The Morgan fingerprint density at radius 2 is 2.10 bits per heavy atom. The number of halogens is 1. The fourth-order valence-corrected chi connectivity index (χ4v) is 2.49. The van der Waals surface area contributed by atoms with Crippen molar-refractivity contribution in [1.29, 1.82) is 0 Å². The minimum absolute atomic E-state index is 0.00268. The molecule has 5 heteroatoms. The molecule has 0 fully saturated rings. The van der Waals surface area contributed by atoms with Gasteiger partial charge >= 0.3 is 0 Å². The summed E-state index contributed by atoms with van der Waals surface area (Å²) in [5.41, 5.74) is 7.61. The van der Waals surface area contributed by atoms with Gasteiger partial charge in [-0.1, -0.05) is 18.2 Å². The maximum atomic E-state index is 13.9. The molecule has 2 unspecified atom stereocenters. The minimum Gasteiger partial charge on any atom is -0.336 e. The van der Waals surface area contributed by atoms with Gasteiger partial charge in [-0.2, -0.15) is 0 Å². The summed E-state index contributed by atoms with van der Waals surface area (Å²) >= 11 is 0. The second-order valence-electron chi connectivity index (χ2n) is 5.04. The molecule has 2 rings (SSSR count). The Morgan fingerprint density at radius 1 is 1.40 bits per heavy atom. The van der Waals surface area contributed by atoms with Crippen LogP contribution < -0.4 is 5.73 Å². The first-order valence-corrected chi connectivity index (χ1v) is 6.69. The van der Waals surface area contributed by atoms with Gasteiger partial charge in [-0.25, -0.2) is 9.37 Å². The second kappa shape index (κ2) is 6.15. The van der Waals surface area contributed by atoms with E-state index in [1.807, 2.05) is 43.9 Å². The third kappa shape index (κ3) is 2.73. The van der Waals surface area contributed by atoms with Crippen molar-refractivity contribution >= 4 is 0 Å². The van der Waals surface area contributed by atoms with Gasteiger partial charge in [0.1, 0.15) is 5.82 Å². The van der Waals surface area contributed by atoms with Crippen LogP contribution in [0.15, 0.2) is 36.8 Å². The fraction of sp³-hybridized carbons (Fsp3) is 0.400. The summed E-state index contributed by atoms with van der Waals surface area (Å²) in [6.07, 6.45) is 3.56. The standard InChI is InChI=1S/C15H21FN4/c1-11(12-6-4-5-7-13(12)16)20(3)14(8-17)15-9-18-10-19(15)2/h4-7,9-11,14H,8,17H2,1-3H3. The van der Waals surface area contributed by atoms with Crippen LogP contribution in [-0.2, 0) is 7.05 Å². The van der Waals surface area contributed by atoms with E-state index in [4.69, 9.17) is 5.73 Å². The Hall–Kier alpha value is -1.72. The molecule has 2 aromatic rings. The number of hydrogen-bond acceptors (Lipinski definition) is 3. The topological polar surface area (TPSA) is 47.1 Å². The fourth-order valence-electron chi connectivity index (χ4n) is 2.49. The van der Waals surface area contributed by atoms with E-state index in [1.165, 1.54) is 6.07 Å². The van der Waals surface area contributed by atoms with E-state index < -0.39 is 0 Å². The summed E-state index contributed by atoms with van der Waals surface area (Å²) in [6, 6.07) is 6.78. The molecule has 108 valence electrons. The molecule has 1 heterocycles. The van der Waals surface area contributed by atoms with Gasteiger partial charge in [0.25, 0.3) is 0 Å². The van der Waals surface area contributed by atoms with E-state index in [-0.39, 0.29) is 17.9 Å². The number of rotatable bonds is 5. The maximum Gasteiger partial charge on any atom is 0.127 e. The van der Waals surface area contributed by atoms with Gasteiger partial charge in [0, 0.05) is 31.4 Å². The van der Waals surface area contributed by atoms with Crippen molar-refractivity contribution in [3.05, 3.63) is 53.9 Å². The van der Waals surface area contributed by atoms with Crippen LogP contribution in [0.3, 0.4) is 0 Å². The Morgan fingerprint density at radius 3 is 2.65 bits per heavy atom. The Kier molecular flexibility index (Phi) is 4.52. The number of aromatic nitrogens is 2. The van der Waals surface area contributed by atoms with Crippen LogP contribution in [-0.4, -0.2) is 28.0 Å². The van der Waals surface area contributed by atoms with Crippen molar-refractivity contribution in [2.24, 2.45) is 12.8 Å². The van der Waals surface area contributed by atoms with Crippen molar-refractivity contribution in [3.8, 4) is 0 Å². The quantitative estimate of drug-likeness (QED) is 0.911. The molecule has 20 heavy (non-hydrogen) atoms. The highest BCUT2D eigenvalue weighted by Crippen LogP contribution is 2.29. The van der Waals surface area contributed by atoms with Crippen LogP contribution in [0, 0.1) is 5.82 Å². The molecule has 0 aliphatic rings. The molecule has 4 nitrogen and oxygen atoms in total. The van der Waals surface area contributed by atoms with Crippen molar-refractivity contribution in [2.75, 3.05) is 13.6 Å². The first-order valence-electron chi connectivity index (χ1n) is 6.69. The molecule has 0 aliphatic carbocycles. The molecular weight excluding hydrogens is 255 g/mol. The molecule has 2 atom stereocenters. The van der Waals surface area contributed by atoms with Gasteiger partial charge in [0.15, 0.2) is 0 Å². The van der Waals surface area contributed by atoms with Crippen molar-refractivity contribution < 1.29 is 4.39 Å². The van der Waals surface area contributed by atoms with Gasteiger partial charge in [0.2, 0.25) is 0 Å². The number of nitrogens with zero attached hydrogens (tertiary/aromatic N) is 3. The van der Waals surface area contributed by atoms with Gasteiger partial charge in [-0.15, -0.1) is 0 Å². The van der Waals surface area contributed by atoms with Crippen LogP contribution in [0.25, 0.3) is 0 Å². The number of hydrogen-bond donors (Lipinski definition) is 1. The van der Waals surface area contributed by atoms with Crippen LogP contribution in [0.2, 0.25) is 0 Å². The van der Waals surface area contributed by atoms with Crippen LogP contribution >= 0.6 is 0 Å². The van der Waals surface area contributed by atoms with E-state index in [1.54, 1.807) is 12.4 Å². The number of benzene rings is 1. The highest BCUT2D eigenvalue weighted by molar-refractivity contribution is 5.21. The largest absolute Gasteiger partial charge is 0.336 e. The predicted octanol–water partition coefficient (Wildman–Crippen LogP) is 2.25. The predicted molar refractivity (Wildman–Crippen MR) is 77.6 cm³/mol. The number of imidazole rings is 1. The van der Waals surface area contributed by atoms with Crippen molar-refractivity contribution in [1.82, 2.24) is 14.5 Å². The second-order valence-corrected chi connectivity index (χ2v) is 5.04. The van der Waals surface area contributed by atoms with Crippen LogP contribution in [0.5, 0.6) is 0 Å². The first-order chi connectivity index (χ1) is 9.56. The normalized spacial score (nSPS) is 14.5. The lowest BCUT2D eigenvalue weighted by atomic mass is 10.0. The average molecular weight is 276 g/mol. The third-order valence-electron chi connectivity index (χ3n) is 3.88. The van der Waals surface area contributed by atoms with Crippen LogP contribution in [0.1, 0.15) is 30.3 Å². The SMILES string of the molecule is CC(c1ccccc1F)N(C)C(CN)c1cncn1C. The van der Waals surface area contributed by atoms with Gasteiger partial charge in [0.05, 0.1) is 18.1 Å². The first kappa shape index (κ1) is 14.7. The van der Waals surface area contributed by atoms with Crippen molar-refractivity contribution in [2.45, 2.75) is 19.0 Å². The lowest BCUT2D eigenvalue weighted by Crippen LogP contribution is -2.34. The number of likely N-dealkylation sites (N-methyl/N-ethyl adjacent to an activating group) is 1. The molecule has 0 amide bonds. The summed E-state index contributed by atoms with van der Waals surface area (Å²) in [5.74, 6) is -0.187. The lowest BCUT2D eigenvalue weighted by molar-refractivity contribution is 0.181. The summed E-state index contributed by atoms with van der Waals surface area (Å²) in [6.45, 7) is 2.44. The average Bonchev–Trinajstić information content (AvgIpc) is 2.86. The zero-order chi connectivity index (χ0) is 14.7. The summed E-state index contributed by atoms with van der Waals surface area (Å²) < 4.78 is 15.9. The van der Waals surface area contributed by atoms with Gasteiger partial charge in [-0.05, 0) is 20.0 Å². The Balaban J connectivity index is 2.27. The molecule has 0 aliphatic heterocycles. The molecule has 1 aromatic carbocycles. The summed E-state index contributed by atoms with van der Waals surface area (Å²) in [7, 11) is 3.90. The van der Waals surface area contributed by atoms with E-state index in [2.05, 4.69) is 9.88 Å². The zero-order valence-electron chi connectivity index (χ0n) is 12.1. The molecule has 0 bridgehead atoms. The highest BCUT2D eigenvalue weighted by atomic mass is 19.1. The monoisotopic (exact) mass is 276 g/mol. The smallest absolute Gasteiger partial charge is 0.127 e. The van der Waals surface area contributed by atoms with E-state index >= 15 is 0 Å². The van der Waals surface area contributed by atoms with E-state index in [0.717, 1.165) is 5.69 Å². The van der Waals surface area contributed by atoms with E-state index in [9.17, 15) is 4.39 Å². The van der Waals surface area contributed by atoms with Gasteiger partial charge in [-0.3, -0.25) is 4.90 Å². The molecule has 2 N–H and O–H groups in total. The Labute approximate surface area is 119 Å². The van der Waals surface area contributed by atoms with Gasteiger partial charge < -0.3 is 10.3 Å². The number of nitrogens with two attached hydrogens (primary N) is 1. The molecule has 1 aromatic heterocycles. The lowest BCUT2D eigenvalue weighted by Gasteiger charge is -2.33. The molecule has 0 spiro atoms. The van der Waals surface area contributed by atoms with E-state index in [0.29, 0.717) is 12.1 Å². The highest BCUT2D eigenvalue weighted by Gasteiger charge is 2.24. The molecular formula is C15H21FN4. The third-order valence-corrected chi connectivity index (χ3v) is 3.88. The van der Waals surface area contributed by atoms with Crippen LogP contribution in [0.4, 0.5) is 4.39 Å².